The minimum Gasteiger partial charge on any atom is -0.497 e. The third kappa shape index (κ3) is 3.19. The molecule has 0 saturated carbocycles. The standard InChI is InChI=1S/C20H17FN4O2/c1-13-22-18(15-6-8-17(27-2)9-7-15)11-19-23-24(20(26)25(13)19)12-14-4-3-5-16(21)10-14/h3-11H,12H2,1-2H3. The van der Waals surface area contributed by atoms with Crippen molar-refractivity contribution in [2.45, 2.75) is 13.5 Å². The van der Waals surface area contributed by atoms with Gasteiger partial charge >= 0.3 is 5.69 Å². The van der Waals surface area contributed by atoms with Gasteiger partial charge in [0.2, 0.25) is 0 Å². The maximum Gasteiger partial charge on any atom is 0.352 e. The summed E-state index contributed by atoms with van der Waals surface area (Å²) in [5.41, 5.74) is 2.47. The molecule has 0 saturated heterocycles. The van der Waals surface area contributed by atoms with Crippen LogP contribution in [0.3, 0.4) is 0 Å². The lowest BCUT2D eigenvalue weighted by Crippen LogP contribution is -2.23. The Hall–Kier alpha value is -3.48. The Bertz CT molecular complexity index is 1180. The molecule has 0 spiro atoms. The van der Waals surface area contributed by atoms with E-state index in [2.05, 4.69) is 10.1 Å². The van der Waals surface area contributed by atoms with Gasteiger partial charge in [0.25, 0.3) is 0 Å². The quantitative estimate of drug-likeness (QED) is 0.558. The number of halogens is 1. The molecule has 0 aliphatic carbocycles. The molecule has 0 radical (unpaired) electrons. The Morgan fingerprint density at radius 3 is 2.59 bits per heavy atom. The number of methoxy groups -OCH3 is 1. The minimum absolute atomic E-state index is 0.190. The Morgan fingerprint density at radius 2 is 1.89 bits per heavy atom. The van der Waals surface area contributed by atoms with E-state index in [0.29, 0.717) is 22.7 Å². The Labute approximate surface area is 154 Å². The molecule has 6 nitrogen and oxygen atoms in total. The molecule has 2 aromatic carbocycles. The van der Waals surface area contributed by atoms with Crippen LogP contribution < -0.4 is 10.4 Å². The molecule has 2 aromatic heterocycles. The molecular weight excluding hydrogens is 347 g/mol. The zero-order valence-electron chi connectivity index (χ0n) is 14.9. The molecule has 136 valence electrons. The number of benzene rings is 2. The largest absolute Gasteiger partial charge is 0.497 e. The molecule has 0 N–H and O–H groups in total. The summed E-state index contributed by atoms with van der Waals surface area (Å²) in [5, 5.41) is 4.40. The molecule has 0 fully saturated rings. The van der Waals surface area contributed by atoms with E-state index in [1.54, 1.807) is 32.2 Å². The monoisotopic (exact) mass is 364 g/mol. The van der Waals surface area contributed by atoms with Gasteiger partial charge in [-0.25, -0.2) is 23.3 Å². The Balaban J connectivity index is 1.77. The van der Waals surface area contributed by atoms with Gasteiger partial charge in [-0.15, -0.1) is 5.10 Å². The van der Waals surface area contributed by atoms with Crippen LogP contribution in [0.5, 0.6) is 5.75 Å². The number of nitrogens with zero attached hydrogens (tertiary/aromatic N) is 4. The van der Waals surface area contributed by atoms with E-state index in [1.165, 1.54) is 21.2 Å². The van der Waals surface area contributed by atoms with E-state index >= 15 is 0 Å². The number of hydrogen-bond donors (Lipinski definition) is 0. The van der Waals surface area contributed by atoms with Crippen LogP contribution >= 0.6 is 0 Å². The van der Waals surface area contributed by atoms with E-state index in [9.17, 15) is 9.18 Å². The normalized spacial score (nSPS) is 11.1. The molecule has 2 heterocycles. The summed E-state index contributed by atoms with van der Waals surface area (Å²) in [6, 6.07) is 15.4. The summed E-state index contributed by atoms with van der Waals surface area (Å²) in [6.07, 6.45) is 0. The SMILES string of the molecule is COc1ccc(-c2cc3nn(Cc4cccc(F)c4)c(=O)n3c(C)n2)cc1. The first-order valence-corrected chi connectivity index (χ1v) is 8.41. The summed E-state index contributed by atoms with van der Waals surface area (Å²) in [7, 11) is 1.61. The number of aryl methyl sites for hydroxylation is 1. The first-order valence-electron chi connectivity index (χ1n) is 8.41. The van der Waals surface area contributed by atoms with Gasteiger partial charge in [-0.1, -0.05) is 12.1 Å². The number of aromatic nitrogens is 4. The fraction of sp³-hybridized carbons (Fsp3) is 0.150. The molecule has 27 heavy (non-hydrogen) atoms. The van der Waals surface area contributed by atoms with Gasteiger partial charge in [0, 0.05) is 11.6 Å². The predicted molar refractivity (Wildman–Crippen MR) is 99.5 cm³/mol. The average Bonchev–Trinajstić information content (AvgIpc) is 2.98. The maximum atomic E-state index is 13.4. The molecule has 4 rings (SSSR count). The Morgan fingerprint density at radius 1 is 1.11 bits per heavy atom. The summed E-state index contributed by atoms with van der Waals surface area (Å²) in [6.45, 7) is 1.95. The van der Waals surface area contributed by atoms with Crippen molar-refractivity contribution in [3.8, 4) is 17.0 Å². The van der Waals surface area contributed by atoms with Gasteiger partial charge in [-0.3, -0.25) is 0 Å². The highest BCUT2D eigenvalue weighted by Crippen LogP contribution is 2.21. The van der Waals surface area contributed by atoms with Crippen LogP contribution in [0, 0.1) is 12.7 Å². The molecule has 0 atom stereocenters. The summed E-state index contributed by atoms with van der Waals surface area (Å²) in [5.74, 6) is 0.949. The van der Waals surface area contributed by atoms with Gasteiger partial charge < -0.3 is 4.74 Å². The van der Waals surface area contributed by atoms with E-state index in [0.717, 1.165) is 11.3 Å². The van der Waals surface area contributed by atoms with Crippen LogP contribution in [0.4, 0.5) is 4.39 Å². The van der Waals surface area contributed by atoms with Gasteiger partial charge in [-0.2, -0.15) is 0 Å². The van der Waals surface area contributed by atoms with Crippen molar-refractivity contribution in [3.63, 3.8) is 0 Å². The topological polar surface area (TPSA) is 61.4 Å². The van der Waals surface area contributed by atoms with E-state index in [-0.39, 0.29) is 18.1 Å². The van der Waals surface area contributed by atoms with Crippen LogP contribution in [0.2, 0.25) is 0 Å². The zero-order valence-corrected chi connectivity index (χ0v) is 14.9. The van der Waals surface area contributed by atoms with E-state index < -0.39 is 0 Å². The van der Waals surface area contributed by atoms with Crippen molar-refractivity contribution in [1.29, 1.82) is 0 Å². The number of rotatable bonds is 4. The maximum absolute atomic E-state index is 13.4. The van der Waals surface area contributed by atoms with Crippen molar-refractivity contribution in [1.82, 2.24) is 19.2 Å². The van der Waals surface area contributed by atoms with Crippen molar-refractivity contribution in [3.05, 3.63) is 82.3 Å². The highest BCUT2D eigenvalue weighted by atomic mass is 19.1. The third-order valence-corrected chi connectivity index (χ3v) is 4.34. The number of ether oxygens (including phenoxy) is 1. The molecule has 0 aliphatic heterocycles. The highest BCUT2D eigenvalue weighted by molar-refractivity contribution is 5.64. The fourth-order valence-corrected chi connectivity index (χ4v) is 3.02. The lowest BCUT2D eigenvalue weighted by molar-refractivity contribution is 0.415. The Kier molecular flexibility index (Phi) is 4.19. The van der Waals surface area contributed by atoms with Crippen LogP contribution in [-0.4, -0.2) is 26.3 Å². The van der Waals surface area contributed by atoms with Crippen LogP contribution in [0.15, 0.2) is 59.4 Å². The zero-order chi connectivity index (χ0) is 19.0. The van der Waals surface area contributed by atoms with Crippen molar-refractivity contribution in [2.75, 3.05) is 7.11 Å². The highest BCUT2D eigenvalue weighted by Gasteiger charge is 2.13. The second kappa shape index (κ2) is 6.68. The smallest absolute Gasteiger partial charge is 0.352 e. The van der Waals surface area contributed by atoms with Crippen LogP contribution in [0.25, 0.3) is 16.9 Å². The van der Waals surface area contributed by atoms with Crippen molar-refractivity contribution >= 4 is 5.65 Å². The first-order chi connectivity index (χ1) is 13.0. The average molecular weight is 364 g/mol. The summed E-state index contributed by atoms with van der Waals surface area (Å²) in [4.78, 5) is 17.2. The molecular formula is C20H17FN4O2. The third-order valence-electron chi connectivity index (χ3n) is 4.34. The lowest BCUT2D eigenvalue weighted by Gasteiger charge is -2.05. The fourth-order valence-electron chi connectivity index (χ4n) is 3.02. The first kappa shape index (κ1) is 17.0. The molecule has 0 bridgehead atoms. The van der Waals surface area contributed by atoms with E-state index in [4.69, 9.17) is 4.74 Å². The summed E-state index contributed by atoms with van der Waals surface area (Å²) >= 11 is 0. The van der Waals surface area contributed by atoms with Gasteiger partial charge in [-0.05, 0) is 48.9 Å². The number of hydrogen-bond acceptors (Lipinski definition) is 4. The van der Waals surface area contributed by atoms with Gasteiger partial charge in [0.05, 0.1) is 19.3 Å². The number of fused-ring (bicyclic) bond motifs is 1. The second-order valence-electron chi connectivity index (χ2n) is 6.18. The van der Waals surface area contributed by atoms with E-state index in [1.807, 2.05) is 24.3 Å². The lowest BCUT2D eigenvalue weighted by atomic mass is 10.1. The van der Waals surface area contributed by atoms with Crippen molar-refractivity contribution < 1.29 is 9.13 Å². The van der Waals surface area contributed by atoms with Crippen LogP contribution in [0.1, 0.15) is 11.4 Å². The van der Waals surface area contributed by atoms with Crippen molar-refractivity contribution in [2.24, 2.45) is 0 Å². The molecule has 0 unspecified atom stereocenters. The predicted octanol–water partition coefficient (Wildman–Crippen LogP) is 3.06. The molecule has 4 aromatic rings. The summed E-state index contributed by atoms with van der Waals surface area (Å²) < 4.78 is 21.3. The molecule has 0 aliphatic rings. The molecule has 0 amide bonds. The van der Waals surface area contributed by atoms with Gasteiger partial charge in [0.15, 0.2) is 5.65 Å². The second-order valence-corrected chi connectivity index (χ2v) is 6.18. The van der Waals surface area contributed by atoms with Gasteiger partial charge in [0.1, 0.15) is 17.4 Å². The molecule has 7 heteroatoms. The van der Waals surface area contributed by atoms with Crippen LogP contribution in [-0.2, 0) is 6.54 Å². The minimum atomic E-state index is -0.344.